The highest BCUT2D eigenvalue weighted by molar-refractivity contribution is 7.07. The van der Waals surface area contributed by atoms with Gasteiger partial charge in [0.05, 0.1) is 6.04 Å². The Balaban J connectivity index is 1.95. The lowest BCUT2D eigenvalue weighted by molar-refractivity contribution is 0.0940. The fourth-order valence-electron chi connectivity index (χ4n) is 1.89. The summed E-state index contributed by atoms with van der Waals surface area (Å²) in [5, 5.41) is 10.4. The highest BCUT2D eigenvalue weighted by Crippen LogP contribution is 2.16. The van der Waals surface area contributed by atoms with Crippen LogP contribution < -0.4 is 10.6 Å². The molecule has 1 amide bonds. The van der Waals surface area contributed by atoms with Crippen LogP contribution in [-0.4, -0.2) is 12.5 Å². The first-order chi connectivity index (χ1) is 9.70. The van der Waals surface area contributed by atoms with Crippen LogP contribution in [0.25, 0.3) is 0 Å². The zero-order chi connectivity index (χ0) is 14.4. The molecule has 0 saturated heterocycles. The number of nitrogens with one attached hydrogen (secondary N) is 2. The Morgan fingerprint density at radius 1 is 1.25 bits per heavy atom. The molecule has 1 aromatic heterocycles. The van der Waals surface area contributed by atoms with Gasteiger partial charge in [-0.2, -0.15) is 11.3 Å². The van der Waals surface area contributed by atoms with Crippen LogP contribution in [0.3, 0.4) is 0 Å². The summed E-state index contributed by atoms with van der Waals surface area (Å²) in [5.41, 5.74) is 2.88. The topological polar surface area (TPSA) is 41.1 Å². The van der Waals surface area contributed by atoms with E-state index in [-0.39, 0.29) is 11.9 Å². The van der Waals surface area contributed by atoms with Crippen LogP contribution in [0.1, 0.15) is 42.2 Å². The summed E-state index contributed by atoms with van der Waals surface area (Å²) in [5.74, 6) is -0.0364. The number of amides is 1. The maximum Gasteiger partial charge on any atom is 0.251 e. The van der Waals surface area contributed by atoms with Gasteiger partial charge in [-0.25, -0.2) is 0 Å². The normalized spacial score (nSPS) is 11.9. The minimum absolute atomic E-state index is 0.0339. The number of carbonyl (C=O) groups excluding carboxylic acids is 1. The van der Waals surface area contributed by atoms with Gasteiger partial charge in [-0.15, -0.1) is 0 Å². The van der Waals surface area contributed by atoms with Crippen molar-refractivity contribution in [1.82, 2.24) is 5.32 Å². The van der Waals surface area contributed by atoms with Gasteiger partial charge in [-0.05, 0) is 60.0 Å². The highest BCUT2D eigenvalue weighted by Gasteiger charge is 2.11. The van der Waals surface area contributed by atoms with E-state index in [1.165, 1.54) is 0 Å². The van der Waals surface area contributed by atoms with Crippen molar-refractivity contribution >= 4 is 22.9 Å². The first kappa shape index (κ1) is 14.6. The Kier molecular flexibility index (Phi) is 5.18. The molecule has 0 fully saturated rings. The average Bonchev–Trinajstić information content (AvgIpc) is 3.00. The summed E-state index contributed by atoms with van der Waals surface area (Å²) in [4.78, 5) is 12.1. The van der Waals surface area contributed by atoms with Gasteiger partial charge in [0.15, 0.2) is 0 Å². The maximum absolute atomic E-state index is 12.1. The van der Waals surface area contributed by atoms with E-state index in [1.54, 1.807) is 11.3 Å². The Morgan fingerprint density at radius 3 is 2.60 bits per heavy atom. The Labute approximate surface area is 124 Å². The number of anilines is 1. The molecular weight excluding hydrogens is 268 g/mol. The minimum atomic E-state index is -0.0364. The summed E-state index contributed by atoms with van der Waals surface area (Å²) in [7, 11) is 0. The van der Waals surface area contributed by atoms with Crippen LogP contribution in [0.15, 0.2) is 41.1 Å². The van der Waals surface area contributed by atoms with Crippen LogP contribution in [-0.2, 0) is 0 Å². The van der Waals surface area contributed by atoms with Crippen LogP contribution in [0, 0.1) is 0 Å². The molecule has 1 unspecified atom stereocenters. The standard InChI is InChI=1S/C16H20N2OS/c1-3-9-17-15-6-4-13(5-7-15)16(19)18-12(2)14-8-10-20-11-14/h4-8,10-12,17H,3,9H2,1-2H3,(H,18,19). The van der Waals surface area contributed by atoms with Gasteiger partial charge >= 0.3 is 0 Å². The first-order valence-electron chi connectivity index (χ1n) is 6.87. The van der Waals surface area contributed by atoms with Crippen LogP contribution >= 0.6 is 11.3 Å². The molecule has 0 bridgehead atoms. The molecule has 0 aliphatic heterocycles. The van der Waals surface area contributed by atoms with E-state index in [0.29, 0.717) is 5.56 Å². The van der Waals surface area contributed by atoms with Crippen LogP contribution in [0.2, 0.25) is 0 Å². The third-order valence-corrected chi connectivity index (χ3v) is 3.82. The van der Waals surface area contributed by atoms with Gasteiger partial charge in [0.2, 0.25) is 0 Å². The van der Waals surface area contributed by atoms with Crippen molar-refractivity contribution in [1.29, 1.82) is 0 Å². The molecule has 0 radical (unpaired) electrons. The zero-order valence-corrected chi connectivity index (χ0v) is 12.7. The third kappa shape index (κ3) is 3.84. The molecule has 0 saturated carbocycles. The molecule has 2 rings (SSSR count). The lowest BCUT2D eigenvalue weighted by Gasteiger charge is -2.13. The van der Waals surface area contributed by atoms with Crippen molar-refractivity contribution in [3.63, 3.8) is 0 Å². The first-order valence-corrected chi connectivity index (χ1v) is 7.82. The number of rotatable bonds is 6. The van der Waals surface area contributed by atoms with Gasteiger partial charge in [-0.1, -0.05) is 6.92 Å². The summed E-state index contributed by atoms with van der Waals surface area (Å²) in [6, 6.07) is 9.67. The van der Waals surface area contributed by atoms with Crippen LogP contribution in [0.5, 0.6) is 0 Å². The predicted molar refractivity (Wildman–Crippen MR) is 85.4 cm³/mol. The van der Waals surface area contributed by atoms with E-state index < -0.39 is 0 Å². The van der Waals surface area contributed by atoms with Gasteiger partial charge in [0.1, 0.15) is 0 Å². The Hall–Kier alpha value is -1.81. The molecule has 1 atom stereocenters. The number of thiophene rings is 1. The van der Waals surface area contributed by atoms with E-state index in [1.807, 2.05) is 42.6 Å². The molecular formula is C16H20N2OS. The fraction of sp³-hybridized carbons (Fsp3) is 0.312. The fourth-order valence-corrected chi connectivity index (χ4v) is 2.65. The number of hydrogen-bond donors (Lipinski definition) is 2. The lowest BCUT2D eigenvalue weighted by Crippen LogP contribution is -2.26. The van der Waals surface area contributed by atoms with Crippen molar-refractivity contribution in [3.05, 3.63) is 52.2 Å². The number of carbonyl (C=O) groups is 1. The zero-order valence-electron chi connectivity index (χ0n) is 11.8. The van der Waals surface area contributed by atoms with Crippen molar-refractivity contribution in [2.24, 2.45) is 0 Å². The summed E-state index contributed by atoms with van der Waals surface area (Å²) in [6.07, 6.45) is 1.08. The molecule has 2 aromatic rings. The quantitative estimate of drug-likeness (QED) is 0.841. The van der Waals surface area contributed by atoms with E-state index >= 15 is 0 Å². The Morgan fingerprint density at radius 2 is 2.00 bits per heavy atom. The second-order valence-electron chi connectivity index (χ2n) is 4.76. The van der Waals surface area contributed by atoms with E-state index in [9.17, 15) is 4.79 Å². The summed E-state index contributed by atoms with van der Waals surface area (Å²) in [6.45, 7) is 5.07. The molecule has 3 nitrogen and oxygen atoms in total. The average molecular weight is 288 g/mol. The molecule has 0 aliphatic rings. The van der Waals surface area contributed by atoms with E-state index in [0.717, 1.165) is 24.2 Å². The Bertz CT molecular complexity index is 534. The molecule has 4 heteroatoms. The molecule has 1 aromatic carbocycles. The summed E-state index contributed by atoms with van der Waals surface area (Å²) >= 11 is 1.64. The third-order valence-electron chi connectivity index (χ3n) is 3.12. The lowest BCUT2D eigenvalue weighted by atomic mass is 10.1. The SMILES string of the molecule is CCCNc1ccc(C(=O)NC(C)c2ccsc2)cc1. The number of benzene rings is 1. The van der Waals surface area contributed by atoms with Crippen molar-refractivity contribution in [3.8, 4) is 0 Å². The van der Waals surface area contributed by atoms with Gasteiger partial charge in [-0.3, -0.25) is 4.79 Å². The van der Waals surface area contributed by atoms with E-state index in [4.69, 9.17) is 0 Å². The predicted octanol–water partition coefficient (Wildman–Crippen LogP) is 4.06. The van der Waals surface area contributed by atoms with Crippen LogP contribution in [0.4, 0.5) is 5.69 Å². The van der Waals surface area contributed by atoms with Crippen molar-refractivity contribution < 1.29 is 4.79 Å². The molecule has 106 valence electrons. The van der Waals surface area contributed by atoms with Gasteiger partial charge in [0, 0.05) is 17.8 Å². The monoisotopic (exact) mass is 288 g/mol. The molecule has 1 heterocycles. The molecule has 0 spiro atoms. The summed E-state index contributed by atoms with van der Waals surface area (Å²) < 4.78 is 0. The second kappa shape index (κ2) is 7.10. The maximum atomic E-state index is 12.1. The van der Waals surface area contributed by atoms with Gasteiger partial charge in [0.25, 0.3) is 5.91 Å². The smallest absolute Gasteiger partial charge is 0.251 e. The van der Waals surface area contributed by atoms with Crippen molar-refractivity contribution in [2.45, 2.75) is 26.3 Å². The molecule has 2 N–H and O–H groups in total. The minimum Gasteiger partial charge on any atom is -0.385 e. The van der Waals surface area contributed by atoms with Crippen molar-refractivity contribution in [2.75, 3.05) is 11.9 Å². The molecule has 0 aliphatic carbocycles. The molecule has 20 heavy (non-hydrogen) atoms. The number of hydrogen-bond acceptors (Lipinski definition) is 3. The van der Waals surface area contributed by atoms with Gasteiger partial charge < -0.3 is 10.6 Å². The highest BCUT2D eigenvalue weighted by atomic mass is 32.1. The largest absolute Gasteiger partial charge is 0.385 e. The second-order valence-corrected chi connectivity index (χ2v) is 5.54. The van der Waals surface area contributed by atoms with E-state index in [2.05, 4.69) is 22.9 Å².